The molecule has 6 heteroatoms. The van der Waals surface area contributed by atoms with Crippen molar-refractivity contribution in [3.63, 3.8) is 0 Å². The van der Waals surface area contributed by atoms with Gasteiger partial charge in [0.2, 0.25) is 5.91 Å². The molecule has 2 amide bonds. The van der Waals surface area contributed by atoms with E-state index in [1.807, 2.05) is 18.2 Å². The van der Waals surface area contributed by atoms with Crippen LogP contribution in [-0.2, 0) is 11.4 Å². The summed E-state index contributed by atoms with van der Waals surface area (Å²) in [6.07, 6.45) is 1.35. The number of nitriles is 1. The van der Waals surface area contributed by atoms with Gasteiger partial charge < -0.3 is 15.0 Å². The number of hydrogen-bond donors (Lipinski definition) is 1. The van der Waals surface area contributed by atoms with Gasteiger partial charge in [0.25, 0.3) is 5.91 Å². The predicted molar refractivity (Wildman–Crippen MR) is 105 cm³/mol. The summed E-state index contributed by atoms with van der Waals surface area (Å²) in [7, 11) is 1.64. The van der Waals surface area contributed by atoms with Crippen molar-refractivity contribution in [2.75, 3.05) is 20.1 Å². The molecule has 1 aliphatic rings. The Morgan fingerprint density at radius 1 is 1.18 bits per heavy atom. The number of carbonyl (C=O) groups is 2. The van der Waals surface area contributed by atoms with Gasteiger partial charge >= 0.3 is 0 Å². The van der Waals surface area contributed by atoms with E-state index in [9.17, 15) is 9.59 Å². The topological polar surface area (TPSA) is 82.4 Å². The molecular formula is C22H23N3O3. The van der Waals surface area contributed by atoms with E-state index in [0.29, 0.717) is 42.8 Å². The van der Waals surface area contributed by atoms with Crippen molar-refractivity contribution in [2.45, 2.75) is 19.4 Å². The Morgan fingerprint density at radius 2 is 1.93 bits per heavy atom. The molecule has 1 aliphatic heterocycles. The molecule has 144 valence electrons. The first kappa shape index (κ1) is 19.4. The minimum Gasteiger partial charge on any atom is -0.489 e. The lowest BCUT2D eigenvalue weighted by Crippen LogP contribution is -2.42. The summed E-state index contributed by atoms with van der Waals surface area (Å²) in [6, 6.07) is 16.5. The molecular weight excluding hydrogens is 354 g/mol. The smallest absolute Gasteiger partial charge is 0.253 e. The minimum atomic E-state index is -0.0572. The lowest BCUT2D eigenvalue weighted by atomic mass is 9.95. The Balaban J connectivity index is 1.62. The van der Waals surface area contributed by atoms with Crippen LogP contribution in [0.25, 0.3) is 0 Å². The van der Waals surface area contributed by atoms with Crippen molar-refractivity contribution in [3.05, 3.63) is 65.2 Å². The second-order valence-corrected chi connectivity index (χ2v) is 6.77. The Bertz CT molecular complexity index is 896. The third kappa shape index (κ3) is 4.49. The van der Waals surface area contributed by atoms with Crippen LogP contribution in [0.3, 0.4) is 0 Å². The number of nitrogens with zero attached hydrogens (tertiary/aromatic N) is 2. The number of amides is 2. The minimum absolute atomic E-state index is 0.0241. The van der Waals surface area contributed by atoms with E-state index < -0.39 is 0 Å². The number of likely N-dealkylation sites (tertiary alicyclic amines) is 1. The zero-order chi connectivity index (χ0) is 19.9. The van der Waals surface area contributed by atoms with E-state index in [-0.39, 0.29) is 24.3 Å². The lowest BCUT2D eigenvalue weighted by Gasteiger charge is -2.31. The highest BCUT2D eigenvalue weighted by Crippen LogP contribution is 2.22. The van der Waals surface area contributed by atoms with Crippen molar-refractivity contribution >= 4 is 11.8 Å². The summed E-state index contributed by atoms with van der Waals surface area (Å²) in [6.45, 7) is 1.40. The van der Waals surface area contributed by atoms with Crippen LogP contribution < -0.4 is 10.1 Å². The van der Waals surface area contributed by atoms with E-state index in [0.717, 1.165) is 5.56 Å². The third-order valence-corrected chi connectivity index (χ3v) is 5.01. The normalized spacial score (nSPS) is 14.2. The highest BCUT2D eigenvalue weighted by atomic mass is 16.5. The summed E-state index contributed by atoms with van der Waals surface area (Å²) in [5, 5.41) is 11.8. The van der Waals surface area contributed by atoms with Crippen LogP contribution in [0.15, 0.2) is 48.5 Å². The molecule has 2 aromatic carbocycles. The molecule has 2 aromatic rings. The predicted octanol–water partition coefficient (Wildman–Crippen LogP) is 2.74. The van der Waals surface area contributed by atoms with Gasteiger partial charge in [0.05, 0.1) is 11.6 Å². The molecule has 1 fully saturated rings. The van der Waals surface area contributed by atoms with Crippen LogP contribution in [0.5, 0.6) is 5.75 Å². The number of nitrogens with one attached hydrogen (secondary N) is 1. The second-order valence-electron chi connectivity index (χ2n) is 6.77. The van der Waals surface area contributed by atoms with E-state index in [4.69, 9.17) is 10.00 Å². The van der Waals surface area contributed by atoms with Gasteiger partial charge in [-0.3, -0.25) is 9.59 Å². The van der Waals surface area contributed by atoms with Gasteiger partial charge in [-0.25, -0.2) is 0 Å². The molecule has 0 aliphatic carbocycles. The SMILES string of the molecule is CNC(=O)C1CCN(C(=O)c2cccc(OCc3ccccc3C#N)c2)CC1. The summed E-state index contributed by atoms with van der Waals surface area (Å²) in [5.41, 5.74) is 1.94. The summed E-state index contributed by atoms with van der Waals surface area (Å²) >= 11 is 0. The van der Waals surface area contributed by atoms with Gasteiger partial charge in [-0.05, 0) is 37.1 Å². The first-order chi connectivity index (χ1) is 13.6. The molecule has 0 atom stereocenters. The molecule has 0 spiro atoms. The maximum absolute atomic E-state index is 12.8. The fourth-order valence-corrected chi connectivity index (χ4v) is 3.37. The molecule has 28 heavy (non-hydrogen) atoms. The average molecular weight is 377 g/mol. The van der Waals surface area contributed by atoms with Crippen molar-refractivity contribution in [3.8, 4) is 11.8 Å². The fourth-order valence-electron chi connectivity index (χ4n) is 3.37. The van der Waals surface area contributed by atoms with Crippen LogP contribution in [0.2, 0.25) is 0 Å². The standard InChI is InChI=1S/C22H23N3O3/c1-24-21(26)16-9-11-25(12-10-16)22(27)17-7-4-8-20(13-17)28-15-19-6-3-2-5-18(19)14-23/h2-8,13,16H,9-12,15H2,1H3,(H,24,26). The summed E-state index contributed by atoms with van der Waals surface area (Å²) in [5.74, 6) is 0.543. The number of carbonyl (C=O) groups excluding carboxylic acids is 2. The van der Waals surface area contributed by atoms with Crippen LogP contribution in [-0.4, -0.2) is 36.9 Å². The second kappa shape index (κ2) is 9.05. The van der Waals surface area contributed by atoms with Crippen LogP contribution in [0, 0.1) is 17.2 Å². The lowest BCUT2D eigenvalue weighted by molar-refractivity contribution is -0.125. The molecule has 3 rings (SSSR count). The molecule has 0 bridgehead atoms. The van der Waals surface area contributed by atoms with E-state index in [1.54, 1.807) is 42.3 Å². The van der Waals surface area contributed by atoms with Gasteiger partial charge in [0, 0.05) is 37.2 Å². The van der Waals surface area contributed by atoms with Gasteiger partial charge in [-0.2, -0.15) is 5.26 Å². The van der Waals surface area contributed by atoms with Crippen molar-refractivity contribution < 1.29 is 14.3 Å². The number of rotatable bonds is 5. The Kier molecular flexibility index (Phi) is 6.28. The Hall–Kier alpha value is -3.33. The fraction of sp³-hybridized carbons (Fsp3) is 0.318. The molecule has 6 nitrogen and oxygen atoms in total. The van der Waals surface area contributed by atoms with Gasteiger partial charge in [0.1, 0.15) is 12.4 Å². The van der Waals surface area contributed by atoms with Crippen LogP contribution in [0.4, 0.5) is 0 Å². The number of hydrogen-bond acceptors (Lipinski definition) is 4. The molecule has 0 saturated carbocycles. The van der Waals surface area contributed by atoms with E-state index in [2.05, 4.69) is 11.4 Å². The maximum Gasteiger partial charge on any atom is 0.253 e. The zero-order valence-corrected chi connectivity index (χ0v) is 15.9. The molecule has 1 heterocycles. The molecule has 1 N–H and O–H groups in total. The third-order valence-electron chi connectivity index (χ3n) is 5.01. The molecule has 1 saturated heterocycles. The summed E-state index contributed by atoms with van der Waals surface area (Å²) < 4.78 is 5.80. The first-order valence-corrected chi connectivity index (χ1v) is 9.34. The van der Waals surface area contributed by atoms with Crippen molar-refractivity contribution in [2.24, 2.45) is 5.92 Å². The Morgan fingerprint density at radius 3 is 2.64 bits per heavy atom. The van der Waals surface area contributed by atoms with E-state index in [1.165, 1.54) is 0 Å². The summed E-state index contributed by atoms with van der Waals surface area (Å²) in [4.78, 5) is 26.3. The van der Waals surface area contributed by atoms with Crippen LogP contribution >= 0.6 is 0 Å². The monoisotopic (exact) mass is 377 g/mol. The van der Waals surface area contributed by atoms with Gasteiger partial charge in [-0.15, -0.1) is 0 Å². The van der Waals surface area contributed by atoms with Gasteiger partial charge in [-0.1, -0.05) is 24.3 Å². The van der Waals surface area contributed by atoms with Gasteiger partial charge in [0.15, 0.2) is 0 Å². The highest BCUT2D eigenvalue weighted by molar-refractivity contribution is 5.94. The zero-order valence-electron chi connectivity index (χ0n) is 15.9. The number of benzene rings is 2. The first-order valence-electron chi connectivity index (χ1n) is 9.34. The van der Waals surface area contributed by atoms with Crippen molar-refractivity contribution in [1.29, 1.82) is 5.26 Å². The Labute approximate surface area is 164 Å². The number of piperidine rings is 1. The molecule has 0 unspecified atom stereocenters. The van der Waals surface area contributed by atoms with Crippen molar-refractivity contribution in [1.82, 2.24) is 10.2 Å². The maximum atomic E-state index is 12.8. The average Bonchev–Trinajstić information content (AvgIpc) is 2.77. The van der Waals surface area contributed by atoms with E-state index >= 15 is 0 Å². The highest BCUT2D eigenvalue weighted by Gasteiger charge is 2.27. The largest absolute Gasteiger partial charge is 0.489 e. The number of ether oxygens (including phenoxy) is 1. The quantitative estimate of drug-likeness (QED) is 0.869. The van der Waals surface area contributed by atoms with Crippen LogP contribution in [0.1, 0.15) is 34.3 Å². The molecule has 0 aromatic heterocycles. The molecule has 0 radical (unpaired) electrons.